The van der Waals surface area contributed by atoms with Crippen molar-refractivity contribution in [3.8, 4) is 5.69 Å². The molecule has 1 saturated carbocycles. The summed E-state index contributed by atoms with van der Waals surface area (Å²) in [7, 11) is 0. The van der Waals surface area contributed by atoms with Crippen LogP contribution in [0.1, 0.15) is 57.8 Å². The molecule has 3 amide bonds. The van der Waals surface area contributed by atoms with E-state index in [9.17, 15) is 14.4 Å². The number of amides is 3. The van der Waals surface area contributed by atoms with Crippen molar-refractivity contribution in [2.24, 2.45) is 5.73 Å². The molecule has 3 aliphatic rings. The normalized spacial score (nSPS) is 18.5. The van der Waals surface area contributed by atoms with Gasteiger partial charge in [0.15, 0.2) is 5.69 Å². The Balaban J connectivity index is 1.30. The number of primary amides is 1. The fourth-order valence-corrected chi connectivity index (χ4v) is 5.70. The van der Waals surface area contributed by atoms with Crippen molar-refractivity contribution in [3.63, 3.8) is 0 Å². The monoisotopic (exact) mass is 503 g/mol. The molecule has 2 fully saturated rings. The van der Waals surface area contributed by atoms with E-state index in [0.717, 1.165) is 38.0 Å². The van der Waals surface area contributed by atoms with Crippen molar-refractivity contribution < 1.29 is 14.4 Å². The number of benzene rings is 2. The number of halogens is 1. The fraction of sp³-hybridized carbons (Fsp3) is 0.333. The maximum atomic E-state index is 13.7. The van der Waals surface area contributed by atoms with Gasteiger partial charge in [0, 0.05) is 47.7 Å². The summed E-state index contributed by atoms with van der Waals surface area (Å²) in [5, 5.41) is 4.89. The zero-order chi connectivity index (χ0) is 25.0. The second-order valence-corrected chi connectivity index (χ2v) is 10.3. The molecule has 9 heteroatoms. The molecule has 2 N–H and O–H groups in total. The van der Waals surface area contributed by atoms with Crippen LogP contribution in [0.15, 0.2) is 48.5 Å². The second-order valence-electron chi connectivity index (χ2n) is 9.88. The molecule has 0 radical (unpaired) electrons. The highest BCUT2D eigenvalue weighted by Crippen LogP contribution is 2.49. The molecular formula is C27H26ClN5O3. The molecule has 0 bridgehead atoms. The lowest BCUT2D eigenvalue weighted by atomic mass is 9.94. The maximum absolute atomic E-state index is 13.7. The van der Waals surface area contributed by atoms with Gasteiger partial charge in [-0.3, -0.25) is 14.4 Å². The third-order valence-corrected chi connectivity index (χ3v) is 7.85. The van der Waals surface area contributed by atoms with E-state index in [1.807, 2.05) is 17.0 Å². The van der Waals surface area contributed by atoms with E-state index in [1.54, 1.807) is 29.2 Å². The second kappa shape index (κ2) is 8.48. The first-order valence-corrected chi connectivity index (χ1v) is 12.6. The lowest BCUT2D eigenvalue weighted by Crippen LogP contribution is -2.39. The third-order valence-electron chi connectivity index (χ3n) is 7.61. The average molecular weight is 504 g/mol. The molecule has 3 aromatic rings. The lowest BCUT2D eigenvalue weighted by molar-refractivity contribution is -0.128. The van der Waals surface area contributed by atoms with Crippen LogP contribution < -0.4 is 10.6 Å². The van der Waals surface area contributed by atoms with Crippen LogP contribution in [0.25, 0.3) is 5.69 Å². The van der Waals surface area contributed by atoms with Crippen LogP contribution in [-0.4, -0.2) is 52.0 Å². The van der Waals surface area contributed by atoms with Gasteiger partial charge in [-0.25, -0.2) is 4.68 Å². The van der Waals surface area contributed by atoms with Gasteiger partial charge in [0.1, 0.15) is 5.69 Å². The van der Waals surface area contributed by atoms with E-state index in [-0.39, 0.29) is 22.9 Å². The Hall–Kier alpha value is -3.65. The van der Waals surface area contributed by atoms with Gasteiger partial charge in [-0.15, -0.1) is 0 Å². The SMILES string of the molecule is NC(=O)c1nn(-c2cccc(Cl)c2)c2c1CCN(c1ccc(C3(CN4CCCC4=O)CC3)cc1)C2=O. The van der Waals surface area contributed by atoms with E-state index < -0.39 is 5.91 Å². The zero-order valence-electron chi connectivity index (χ0n) is 19.7. The molecule has 0 spiro atoms. The van der Waals surface area contributed by atoms with Crippen molar-refractivity contribution in [1.29, 1.82) is 0 Å². The number of hydrogen-bond acceptors (Lipinski definition) is 4. The molecule has 36 heavy (non-hydrogen) atoms. The van der Waals surface area contributed by atoms with Crippen molar-refractivity contribution in [3.05, 3.63) is 76.1 Å². The van der Waals surface area contributed by atoms with Crippen molar-refractivity contribution >= 4 is 35.0 Å². The Bertz CT molecular complexity index is 1390. The number of rotatable bonds is 6. The van der Waals surface area contributed by atoms with Gasteiger partial charge in [0.25, 0.3) is 11.8 Å². The minimum Gasteiger partial charge on any atom is -0.364 e. The van der Waals surface area contributed by atoms with Gasteiger partial charge in [0.05, 0.1) is 5.69 Å². The van der Waals surface area contributed by atoms with E-state index in [4.69, 9.17) is 17.3 Å². The number of fused-ring (bicyclic) bond motifs is 1. The Labute approximate surface area is 213 Å². The summed E-state index contributed by atoms with van der Waals surface area (Å²) in [6, 6.07) is 15.1. The zero-order valence-corrected chi connectivity index (χ0v) is 20.5. The molecule has 6 rings (SSSR count). The summed E-state index contributed by atoms with van der Waals surface area (Å²) in [5.74, 6) is -0.657. The summed E-state index contributed by atoms with van der Waals surface area (Å²) in [5.41, 5.74) is 9.19. The molecule has 1 aliphatic carbocycles. The van der Waals surface area contributed by atoms with Gasteiger partial charge < -0.3 is 15.5 Å². The van der Waals surface area contributed by atoms with Gasteiger partial charge in [0.2, 0.25) is 5.91 Å². The standard InChI is InChI=1S/C27H26ClN5O3/c28-18-3-1-4-20(15-18)33-24-21(23(30-33)25(29)35)10-14-32(26(24)36)19-8-6-17(7-9-19)27(11-12-27)16-31-13-2-5-22(31)34/h1,3-4,6-9,15H,2,5,10-14,16H2,(H2,29,35). The van der Waals surface area contributed by atoms with Crippen LogP contribution >= 0.6 is 11.6 Å². The van der Waals surface area contributed by atoms with E-state index in [0.29, 0.717) is 41.4 Å². The van der Waals surface area contributed by atoms with E-state index >= 15 is 0 Å². The Morgan fingerprint density at radius 2 is 1.81 bits per heavy atom. The highest BCUT2D eigenvalue weighted by atomic mass is 35.5. The van der Waals surface area contributed by atoms with Crippen LogP contribution in [0.5, 0.6) is 0 Å². The van der Waals surface area contributed by atoms with Crippen molar-refractivity contribution in [2.75, 3.05) is 24.5 Å². The van der Waals surface area contributed by atoms with Crippen molar-refractivity contribution in [2.45, 2.75) is 37.5 Å². The van der Waals surface area contributed by atoms with E-state index in [1.165, 1.54) is 10.2 Å². The topological polar surface area (TPSA) is 102 Å². The molecular weight excluding hydrogens is 478 g/mol. The van der Waals surface area contributed by atoms with E-state index in [2.05, 4.69) is 17.2 Å². The Morgan fingerprint density at radius 3 is 2.44 bits per heavy atom. The van der Waals surface area contributed by atoms with Crippen LogP contribution in [0.3, 0.4) is 0 Å². The first kappa shape index (κ1) is 22.8. The molecule has 3 heterocycles. The number of carbonyl (C=O) groups excluding carboxylic acids is 3. The summed E-state index contributed by atoms with van der Waals surface area (Å²) < 4.78 is 1.47. The molecule has 0 atom stereocenters. The molecule has 2 aliphatic heterocycles. The summed E-state index contributed by atoms with van der Waals surface area (Å²) in [6.45, 7) is 2.03. The molecule has 1 saturated heterocycles. The summed E-state index contributed by atoms with van der Waals surface area (Å²) in [4.78, 5) is 41.7. The van der Waals surface area contributed by atoms with Gasteiger partial charge in [-0.05, 0) is 61.6 Å². The largest absolute Gasteiger partial charge is 0.364 e. The Kier molecular flexibility index (Phi) is 5.37. The minimum atomic E-state index is -0.663. The first-order valence-electron chi connectivity index (χ1n) is 12.2. The van der Waals surface area contributed by atoms with Gasteiger partial charge in [-0.2, -0.15) is 5.10 Å². The molecule has 0 unspecified atom stereocenters. The van der Waals surface area contributed by atoms with Crippen LogP contribution in [-0.2, 0) is 16.6 Å². The average Bonchev–Trinajstić information content (AvgIpc) is 3.37. The van der Waals surface area contributed by atoms with Gasteiger partial charge >= 0.3 is 0 Å². The number of nitrogens with zero attached hydrogens (tertiary/aromatic N) is 4. The van der Waals surface area contributed by atoms with Crippen LogP contribution in [0.2, 0.25) is 5.02 Å². The molecule has 2 aromatic carbocycles. The van der Waals surface area contributed by atoms with Crippen LogP contribution in [0, 0.1) is 0 Å². The number of aromatic nitrogens is 2. The third kappa shape index (κ3) is 3.76. The minimum absolute atomic E-state index is 0.0270. The predicted octanol–water partition coefficient (Wildman–Crippen LogP) is 3.48. The number of anilines is 1. The number of carbonyl (C=O) groups is 3. The molecule has 8 nitrogen and oxygen atoms in total. The predicted molar refractivity (Wildman–Crippen MR) is 136 cm³/mol. The summed E-state index contributed by atoms with van der Waals surface area (Å²) in [6.07, 6.45) is 4.18. The highest BCUT2D eigenvalue weighted by Gasteiger charge is 2.46. The fourth-order valence-electron chi connectivity index (χ4n) is 5.52. The number of nitrogens with two attached hydrogens (primary N) is 1. The smallest absolute Gasteiger partial charge is 0.277 e. The highest BCUT2D eigenvalue weighted by molar-refractivity contribution is 6.30. The number of likely N-dealkylation sites (tertiary alicyclic amines) is 1. The molecule has 184 valence electrons. The van der Waals surface area contributed by atoms with Crippen molar-refractivity contribution in [1.82, 2.24) is 14.7 Å². The first-order chi connectivity index (χ1) is 17.4. The summed E-state index contributed by atoms with van der Waals surface area (Å²) >= 11 is 6.18. The Morgan fingerprint density at radius 1 is 1.03 bits per heavy atom. The maximum Gasteiger partial charge on any atom is 0.277 e. The number of hydrogen-bond donors (Lipinski definition) is 1. The quantitative estimate of drug-likeness (QED) is 0.556. The van der Waals surface area contributed by atoms with Crippen LogP contribution in [0.4, 0.5) is 5.69 Å². The van der Waals surface area contributed by atoms with Gasteiger partial charge in [-0.1, -0.05) is 29.8 Å². The lowest BCUT2D eigenvalue weighted by Gasteiger charge is -2.29. The molecule has 1 aromatic heterocycles.